The van der Waals surface area contributed by atoms with E-state index in [9.17, 15) is 0 Å². The van der Waals surface area contributed by atoms with Crippen LogP contribution in [0.5, 0.6) is 0 Å². The van der Waals surface area contributed by atoms with E-state index < -0.39 is 0 Å². The Hall–Kier alpha value is -8.71. The predicted molar refractivity (Wildman–Crippen MR) is 281 cm³/mol. The molecule has 0 atom stereocenters. The Morgan fingerprint density at radius 3 is 1.58 bits per heavy atom. The summed E-state index contributed by atoms with van der Waals surface area (Å²) in [6.45, 7) is 0. The molecule has 0 aliphatic heterocycles. The van der Waals surface area contributed by atoms with Crippen molar-refractivity contribution in [2.75, 3.05) is 0 Å². The van der Waals surface area contributed by atoms with E-state index >= 15 is 0 Å². The monoisotopic (exact) mass is 871 g/mol. The van der Waals surface area contributed by atoms with E-state index in [-0.39, 0.29) is 0 Å². The zero-order valence-corrected chi connectivity index (χ0v) is 36.8. The Morgan fingerprint density at radius 2 is 0.851 bits per heavy atom. The standard InChI is InChI=1S/C61H37N5S/c1-3-16-38(17-4-1)41-22-15-23-43(36-41)59-62-60(52-27-10-9-24-45(52)40-19-5-2-6-20-40)64-61(63-59)66-54-29-14-12-26-47(54)49-33-35-51-50-34-32-48-46-25-11-13-28-53(46)65(55(48)57(50)67-58(51)56(49)66)44-31-30-39-18-7-8-21-42(39)37-44/h1-37H. The van der Waals surface area contributed by atoms with Crippen LogP contribution in [0.25, 0.3) is 131 Å². The number of aromatic nitrogens is 5. The maximum absolute atomic E-state index is 5.50. The number of hydrogen-bond donors (Lipinski definition) is 0. The van der Waals surface area contributed by atoms with Crippen LogP contribution in [-0.2, 0) is 0 Å². The highest BCUT2D eigenvalue weighted by Crippen LogP contribution is 2.47. The number of para-hydroxylation sites is 2. The Morgan fingerprint density at radius 1 is 0.313 bits per heavy atom. The molecule has 4 heterocycles. The lowest BCUT2D eigenvalue weighted by Gasteiger charge is -2.14. The van der Waals surface area contributed by atoms with Crippen LogP contribution in [0.15, 0.2) is 224 Å². The van der Waals surface area contributed by atoms with Gasteiger partial charge in [-0.2, -0.15) is 9.97 Å². The first-order valence-electron chi connectivity index (χ1n) is 22.6. The molecule has 0 N–H and O–H groups in total. The number of nitrogens with zero attached hydrogens (tertiary/aromatic N) is 5. The molecule has 0 fully saturated rings. The molecular formula is C61H37N5S. The van der Waals surface area contributed by atoms with E-state index in [1.807, 2.05) is 11.3 Å². The molecule has 0 bridgehead atoms. The zero-order chi connectivity index (χ0) is 44.0. The lowest BCUT2D eigenvalue weighted by molar-refractivity contribution is 0.955. The highest BCUT2D eigenvalue weighted by Gasteiger charge is 2.24. The third-order valence-electron chi connectivity index (χ3n) is 13.4. The molecule has 0 spiro atoms. The maximum Gasteiger partial charge on any atom is 0.238 e. The number of thiophene rings is 1. The number of hydrogen-bond acceptors (Lipinski definition) is 4. The minimum Gasteiger partial charge on any atom is -0.308 e. The Kier molecular flexibility index (Phi) is 8.38. The van der Waals surface area contributed by atoms with E-state index in [2.05, 4.69) is 234 Å². The van der Waals surface area contributed by atoms with Crippen molar-refractivity contribution in [3.8, 4) is 56.7 Å². The Labute approximate surface area is 389 Å². The van der Waals surface area contributed by atoms with E-state index in [0.29, 0.717) is 17.6 Å². The van der Waals surface area contributed by atoms with Gasteiger partial charge < -0.3 is 4.57 Å². The Balaban J connectivity index is 1.07. The quantitative estimate of drug-likeness (QED) is 0.167. The lowest BCUT2D eigenvalue weighted by Crippen LogP contribution is -2.07. The molecule has 10 aromatic carbocycles. The molecule has 5 nitrogen and oxygen atoms in total. The van der Waals surface area contributed by atoms with E-state index in [0.717, 1.165) is 60.9 Å². The SMILES string of the molecule is c1ccc(-c2cccc(-c3nc(-c4ccccc4-c4ccccc4)nc(-n4c5ccccc5c5ccc6c7ccc8c9ccccc9n(-c9ccc%10ccccc%10c9)c8c7sc6c54)n3)c2)cc1. The fraction of sp³-hybridized carbons (Fsp3) is 0. The van der Waals surface area contributed by atoms with Gasteiger partial charge in [0.15, 0.2) is 11.6 Å². The van der Waals surface area contributed by atoms with Crippen LogP contribution >= 0.6 is 11.3 Å². The average Bonchev–Trinajstić information content (AvgIpc) is 4.07. The molecule has 0 unspecified atom stereocenters. The molecule has 312 valence electrons. The molecule has 0 amide bonds. The van der Waals surface area contributed by atoms with E-state index in [1.165, 1.54) is 52.8 Å². The normalized spacial score (nSPS) is 11.9. The summed E-state index contributed by atoms with van der Waals surface area (Å²) in [6, 6.07) is 80.1. The molecule has 0 saturated heterocycles. The fourth-order valence-electron chi connectivity index (χ4n) is 10.3. The summed E-state index contributed by atoms with van der Waals surface area (Å²) < 4.78 is 7.19. The van der Waals surface area contributed by atoms with Gasteiger partial charge in [0.05, 0.1) is 31.5 Å². The summed E-state index contributed by atoms with van der Waals surface area (Å²) in [4.78, 5) is 16.3. The smallest absolute Gasteiger partial charge is 0.238 e. The molecule has 14 rings (SSSR count). The predicted octanol–water partition coefficient (Wildman–Crippen LogP) is 16.3. The highest BCUT2D eigenvalue weighted by atomic mass is 32.1. The summed E-state index contributed by atoms with van der Waals surface area (Å²) in [5, 5.41) is 9.65. The third kappa shape index (κ3) is 5.90. The fourth-order valence-corrected chi connectivity index (χ4v) is 11.7. The first-order chi connectivity index (χ1) is 33.2. The molecule has 14 aromatic rings. The third-order valence-corrected chi connectivity index (χ3v) is 14.6. The lowest BCUT2D eigenvalue weighted by atomic mass is 9.99. The second-order valence-electron chi connectivity index (χ2n) is 17.2. The minimum atomic E-state index is 0.569. The van der Waals surface area contributed by atoms with Crippen LogP contribution < -0.4 is 0 Å². The van der Waals surface area contributed by atoms with Crippen molar-refractivity contribution in [2.24, 2.45) is 0 Å². The van der Waals surface area contributed by atoms with Gasteiger partial charge in [0.1, 0.15) is 0 Å². The summed E-state index contributed by atoms with van der Waals surface area (Å²) >= 11 is 1.86. The van der Waals surface area contributed by atoms with Crippen molar-refractivity contribution in [3.63, 3.8) is 0 Å². The van der Waals surface area contributed by atoms with Crippen LogP contribution in [0.2, 0.25) is 0 Å². The van der Waals surface area contributed by atoms with Crippen LogP contribution in [-0.4, -0.2) is 24.1 Å². The van der Waals surface area contributed by atoms with Gasteiger partial charge in [-0.1, -0.05) is 194 Å². The summed E-state index contributed by atoms with van der Waals surface area (Å²) in [5.74, 6) is 1.79. The molecule has 67 heavy (non-hydrogen) atoms. The van der Waals surface area contributed by atoms with Crippen molar-refractivity contribution in [3.05, 3.63) is 224 Å². The van der Waals surface area contributed by atoms with Crippen LogP contribution in [0, 0.1) is 0 Å². The summed E-state index contributed by atoms with van der Waals surface area (Å²) in [5.41, 5.74) is 11.9. The van der Waals surface area contributed by atoms with Gasteiger partial charge in [-0.05, 0) is 63.4 Å². The first-order valence-corrected chi connectivity index (χ1v) is 23.4. The van der Waals surface area contributed by atoms with Crippen LogP contribution in [0.1, 0.15) is 0 Å². The minimum absolute atomic E-state index is 0.569. The summed E-state index contributed by atoms with van der Waals surface area (Å²) in [7, 11) is 0. The highest BCUT2D eigenvalue weighted by molar-refractivity contribution is 7.27. The maximum atomic E-state index is 5.50. The van der Waals surface area contributed by atoms with Gasteiger partial charge in [-0.15, -0.1) is 11.3 Å². The molecule has 0 saturated carbocycles. The van der Waals surface area contributed by atoms with Gasteiger partial charge in [0.25, 0.3) is 0 Å². The molecule has 0 aliphatic carbocycles. The van der Waals surface area contributed by atoms with E-state index in [1.54, 1.807) is 0 Å². The van der Waals surface area contributed by atoms with Crippen molar-refractivity contribution >= 4 is 85.9 Å². The average molecular weight is 872 g/mol. The largest absolute Gasteiger partial charge is 0.308 e. The molecule has 4 aromatic heterocycles. The van der Waals surface area contributed by atoms with Gasteiger partial charge in [0, 0.05) is 49.1 Å². The zero-order valence-electron chi connectivity index (χ0n) is 36.0. The number of benzene rings is 10. The molecule has 0 radical (unpaired) electrons. The second-order valence-corrected chi connectivity index (χ2v) is 18.2. The van der Waals surface area contributed by atoms with Crippen LogP contribution in [0.4, 0.5) is 0 Å². The van der Waals surface area contributed by atoms with Crippen LogP contribution in [0.3, 0.4) is 0 Å². The van der Waals surface area contributed by atoms with Gasteiger partial charge in [-0.25, -0.2) is 4.98 Å². The van der Waals surface area contributed by atoms with Gasteiger partial charge in [0.2, 0.25) is 5.95 Å². The van der Waals surface area contributed by atoms with Crippen molar-refractivity contribution < 1.29 is 0 Å². The topological polar surface area (TPSA) is 48.5 Å². The number of fused-ring (bicyclic) bond motifs is 12. The molecular weight excluding hydrogens is 835 g/mol. The number of rotatable bonds is 6. The molecule has 0 aliphatic rings. The first kappa shape index (κ1) is 37.6. The van der Waals surface area contributed by atoms with E-state index in [4.69, 9.17) is 15.0 Å². The van der Waals surface area contributed by atoms with Gasteiger partial charge >= 0.3 is 0 Å². The Bertz CT molecular complexity index is 4280. The van der Waals surface area contributed by atoms with Crippen molar-refractivity contribution in [1.29, 1.82) is 0 Å². The van der Waals surface area contributed by atoms with Crippen molar-refractivity contribution in [1.82, 2.24) is 24.1 Å². The second kappa shape index (κ2) is 14.9. The van der Waals surface area contributed by atoms with Crippen molar-refractivity contribution in [2.45, 2.75) is 0 Å². The molecule has 6 heteroatoms. The van der Waals surface area contributed by atoms with Gasteiger partial charge in [-0.3, -0.25) is 4.57 Å². The summed E-state index contributed by atoms with van der Waals surface area (Å²) in [6.07, 6.45) is 0.